The lowest BCUT2D eigenvalue weighted by Crippen LogP contribution is -2.49. The average molecular weight is 509 g/mol. The molecular weight excluding hydrogens is 480 g/mol. The molecule has 0 saturated carbocycles. The number of ether oxygens (including phenoxy) is 2. The molecule has 38 heavy (non-hydrogen) atoms. The minimum Gasteiger partial charge on any atom is -0.497 e. The lowest BCUT2D eigenvalue weighted by Gasteiger charge is -2.35. The molecule has 0 N–H and O–H groups in total. The second-order valence-corrected chi connectivity index (χ2v) is 8.86. The number of nitrogens with zero attached hydrogens (tertiary/aromatic N) is 4. The van der Waals surface area contributed by atoms with E-state index in [1.165, 1.54) is 0 Å². The number of methoxy groups -OCH3 is 2. The first kappa shape index (κ1) is 25.0. The zero-order valence-corrected chi connectivity index (χ0v) is 21.3. The van der Waals surface area contributed by atoms with Crippen LogP contribution >= 0.6 is 0 Å². The third kappa shape index (κ3) is 5.06. The molecule has 0 radical (unpaired) electrons. The molecule has 3 aromatic carbocycles. The number of hydrogen-bond acceptors (Lipinski definition) is 7. The minimum atomic E-state index is -0.156. The van der Waals surface area contributed by atoms with E-state index < -0.39 is 0 Å². The van der Waals surface area contributed by atoms with Gasteiger partial charge in [-0.15, -0.1) is 10.2 Å². The van der Waals surface area contributed by atoms with Crippen LogP contribution < -0.4 is 14.4 Å². The first-order chi connectivity index (χ1) is 18.6. The van der Waals surface area contributed by atoms with Gasteiger partial charge < -0.3 is 19.3 Å². The van der Waals surface area contributed by atoms with E-state index in [9.17, 15) is 9.59 Å². The Hall–Kier alpha value is -4.72. The van der Waals surface area contributed by atoms with Crippen molar-refractivity contribution in [2.75, 3.05) is 45.3 Å². The highest BCUT2D eigenvalue weighted by Crippen LogP contribution is 2.32. The Kier molecular flexibility index (Phi) is 7.31. The van der Waals surface area contributed by atoms with E-state index in [1.807, 2.05) is 48.5 Å². The molecule has 0 aliphatic carbocycles. The van der Waals surface area contributed by atoms with E-state index in [0.717, 1.165) is 11.4 Å². The Balaban J connectivity index is 1.27. The molecule has 8 heteroatoms. The Morgan fingerprint density at radius 1 is 0.737 bits per heavy atom. The summed E-state index contributed by atoms with van der Waals surface area (Å²) in [6.45, 7) is 2.24. The van der Waals surface area contributed by atoms with Crippen LogP contribution in [0.15, 0.2) is 84.9 Å². The fourth-order valence-electron chi connectivity index (χ4n) is 4.57. The Labute approximate surface area is 221 Å². The van der Waals surface area contributed by atoms with Gasteiger partial charge in [-0.05, 0) is 36.4 Å². The molecule has 0 atom stereocenters. The molecule has 1 aliphatic rings. The average Bonchev–Trinajstić information content (AvgIpc) is 3.00. The summed E-state index contributed by atoms with van der Waals surface area (Å²) in [6.07, 6.45) is 0. The Bertz CT molecular complexity index is 1430. The van der Waals surface area contributed by atoms with Gasteiger partial charge in [-0.2, -0.15) is 0 Å². The predicted molar refractivity (Wildman–Crippen MR) is 145 cm³/mol. The third-order valence-corrected chi connectivity index (χ3v) is 6.66. The molecule has 1 aromatic heterocycles. The number of aromatic nitrogens is 2. The molecule has 2 heterocycles. The van der Waals surface area contributed by atoms with E-state index in [4.69, 9.17) is 9.47 Å². The molecule has 1 amide bonds. The number of carbonyl (C=O) groups is 2. The van der Waals surface area contributed by atoms with Crippen LogP contribution in [0.4, 0.5) is 5.82 Å². The van der Waals surface area contributed by atoms with E-state index >= 15 is 0 Å². The topological polar surface area (TPSA) is 84.9 Å². The molecule has 5 rings (SSSR count). The smallest absolute Gasteiger partial charge is 0.254 e. The molecule has 192 valence electrons. The molecule has 1 fully saturated rings. The summed E-state index contributed by atoms with van der Waals surface area (Å²) < 4.78 is 10.8. The maximum Gasteiger partial charge on any atom is 0.254 e. The summed E-state index contributed by atoms with van der Waals surface area (Å²) in [5, 5.41) is 8.86. The highest BCUT2D eigenvalue weighted by Gasteiger charge is 2.26. The van der Waals surface area contributed by atoms with Gasteiger partial charge in [-0.1, -0.05) is 48.5 Å². The van der Waals surface area contributed by atoms with Gasteiger partial charge in [0.25, 0.3) is 5.91 Å². The molecule has 1 aliphatic heterocycles. The van der Waals surface area contributed by atoms with Crippen LogP contribution in [0.5, 0.6) is 11.5 Å². The lowest BCUT2D eigenvalue weighted by molar-refractivity contribution is 0.0742. The van der Waals surface area contributed by atoms with Crippen molar-refractivity contribution >= 4 is 17.5 Å². The maximum atomic E-state index is 13.4. The number of carbonyl (C=O) groups excluding carboxylic acids is 2. The number of rotatable bonds is 7. The van der Waals surface area contributed by atoms with Gasteiger partial charge in [0, 0.05) is 42.9 Å². The van der Waals surface area contributed by atoms with Gasteiger partial charge in [0.15, 0.2) is 11.6 Å². The van der Waals surface area contributed by atoms with Crippen molar-refractivity contribution in [2.24, 2.45) is 0 Å². The van der Waals surface area contributed by atoms with Crippen LogP contribution in [0.1, 0.15) is 26.3 Å². The number of benzene rings is 3. The molecule has 0 unspecified atom stereocenters. The van der Waals surface area contributed by atoms with Gasteiger partial charge in [-0.25, -0.2) is 0 Å². The molecule has 1 saturated heterocycles. The van der Waals surface area contributed by atoms with Crippen LogP contribution in [0, 0.1) is 0 Å². The summed E-state index contributed by atoms with van der Waals surface area (Å²) in [5.74, 6) is 1.83. The quantitative estimate of drug-likeness (QED) is 0.343. The summed E-state index contributed by atoms with van der Waals surface area (Å²) in [7, 11) is 3.23. The standard InChI is InChI=1S/C30H28N4O4/c1-37-22-12-14-27(38-2)25(20-22)26-13-15-28(32-31-26)33-16-18-34(19-17-33)30(36)24-11-7-6-10-23(24)29(35)21-8-4-3-5-9-21/h3-15,20H,16-19H2,1-2H3. The first-order valence-electron chi connectivity index (χ1n) is 12.4. The van der Waals surface area contributed by atoms with Crippen LogP contribution in [-0.4, -0.2) is 67.2 Å². The predicted octanol–water partition coefficient (Wildman–Crippen LogP) is 4.35. The van der Waals surface area contributed by atoms with Crippen LogP contribution in [0.25, 0.3) is 11.3 Å². The summed E-state index contributed by atoms with van der Waals surface area (Å²) in [5.41, 5.74) is 2.88. The summed E-state index contributed by atoms with van der Waals surface area (Å²) in [4.78, 5) is 30.4. The van der Waals surface area contributed by atoms with E-state index in [1.54, 1.807) is 55.5 Å². The molecule has 0 spiro atoms. The van der Waals surface area contributed by atoms with Crippen LogP contribution in [-0.2, 0) is 0 Å². The van der Waals surface area contributed by atoms with Gasteiger partial charge in [0.2, 0.25) is 0 Å². The van der Waals surface area contributed by atoms with E-state index in [2.05, 4.69) is 15.1 Å². The number of anilines is 1. The second kappa shape index (κ2) is 11.1. The van der Waals surface area contributed by atoms with Gasteiger partial charge in [-0.3, -0.25) is 9.59 Å². The molecule has 0 bridgehead atoms. The molecule has 8 nitrogen and oxygen atoms in total. The normalized spacial score (nSPS) is 13.2. The monoisotopic (exact) mass is 508 g/mol. The highest BCUT2D eigenvalue weighted by molar-refractivity contribution is 6.15. The summed E-state index contributed by atoms with van der Waals surface area (Å²) >= 11 is 0. The van der Waals surface area contributed by atoms with Gasteiger partial charge >= 0.3 is 0 Å². The largest absolute Gasteiger partial charge is 0.497 e. The van der Waals surface area contributed by atoms with Crippen molar-refractivity contribution in [3.8, 4) is 22.8 Å². The summed E-state index contributed by atoms with van der Waals surface area (Å²) in [6, 6.07) is 25.4. The third-order valence-electron chi connectivity index (χ3n) is 6.66. The number of amides is 1. The SMILES string of the molecule is COc1ccc(OC)c(-c2ccc(N3CCN(C(=O)c4ccccc4C(=O)c4ccccc4)CC3)nn2)c1. The number of hydrogen-bond donors (Lipinski definition) is 0. The van der Waals surface area contributed by atoms with Crippen molar-refractivity contribution in [2.45, 2.75) is 0 Å². The molecular formula is C30H28N4O4. The van der Waals surface area contributed by atoms with Gasteiger partial charge in [0.1, 0.15) is 11.5 Å². The highest BCUT2D eigenvalue weighted by atomic mass is 16.5. The fourth-order valence-corrected chi connectivity index (χ4v) is 4.57. The van der Waals surface area contributed by atoms with Crippen molar-refractivity contribution in [1.82, 2.24) is 15.1 Å². The van der Waals surface area contributed by atoms with Crippen molar-refractivity contribution in [3.63, 3.8) is 0 Å². The van der Waals surface area contributed by atoms with Crippen molar-refractivity contribution in [3.05, 3.63) is 102 Å². The van der Waals surface area contributed by atoms with Crippen LogP contribution in [0.2, 0.25) is 0 Å². The first-order valence-corrected chi connectivity index (χ1v) is 12.4. The number of ketones is 1. The van der Waals surface area contributed by atoms with Gasteiger partial charge in [0.05, 0.1) is 25.5 Å². The molecule has 4 aromatic rings. The van der Waals surface area contributed by atoms with Crippen molar-refractivity contribution < 1.29 is 19.1 Å². The Morgan fingerprint density at radius 3 is 2.11 bits per heavy atom. The van der Waals surface area contributed by atoms with Crippen molar-refractivity contribution in [1.29, 1.82) is 0 Å². The minimum absolute atomic E-state index is 0.143. The lowest BCUT2D eigenvalue weighted by atomic mass is 9.97. The fraction of sp³-hybridized carbons (Fsp3) is 0.200. The zero-order valence-electron chi connectivity index (χ0n) is 21.3. The van der Waals surface area contributed by atoms with Crippen LogP contribution in [0.3, 0.4) is 0 Å². The number of piperazine rings is 1. The van der Waals surface area contributed by atoms with E-state index in [0.29, 0.717) is 60.1 Å². The zero-order chi connectivity index (χ0) is 26.5. The Morgan fingerprint density at radius 2 is 1.45 bits per heavy atom. The van der Waals surface area contributed by atoms with E-state index in [-0.39, 0.29) is 11.7 Å². The maximum absolute atomic E-state index is 13.4. The second-order valence-electron chi connectivity index (χ2n) is 8.86.